The maximum Gasteiger partial charge on any atom is 0.158 e. The molecule has 5 heteroatoms. The van der Waals surface area contributed by atoms with Crippen LogP contribution in [0.2, 0.25) is 0 Å². The molecule has 0 fully saturated rings. The molecule has 0 radical (unpaired) electrons. The number of benzene rings is 1. The summed E-state index contributed by atoms with van der Waals surface area (Å²) in [7, 11) is 0. The summed E-state index contributed by atoms with van der Waals surface area (Å²) in [4.78, 5) is 4.73. The van der Waals surface area contributed by atoms with Crippen LogP contribution in [-0.2, 0) is 0 Å². The van der Waals surface area contributed by atoms with Crippen LogP contribution in [0.5, 0.6) is 0 Å². The zero-order valence-corrected chi connectivity index (χ0v) is 18.5. The molecule has 1 aromatic carbocycles. The van der Waals surface area contributed by atoms with E-state index in [1.54, 1.807) is 0 Å². The molecule has 0 unspecified atom stereocenters. The Hall–Kier alpha value is -3.26. The van der Waals surface area contributed by atoms with E-state index in [-0.39, 0.29) is 6.04 Å². The number of rotatable bonds is 7. The van der Waals surface area contributed by atoms with Gasteiger partial charge in [0, 0.05) is 11.6 Å². The van der Waals surface area contributed by atoms with Gasteiger partial charge in [0.1, 0.15) is 0 Å². The smallest absolute Gasteiger partial charge is 0.158 e. The molecule has 1 N–H and O–H groups in total. The van der Waals surface area contributed by atoms with Crippen molar-refractivity contribution in [2.75, 3.05) is 5.32 Å². The van der Waals surface area contributed by atoms with E-state index in [0.29, 0.717) is 11.4 Å². The number of aromatic nitrogens is 3. The Labute approximate surface area is 178 Å². The minimum absolute atomic E-state index is 0.0246. The van der Waals surface area contributed by atoms with E-state index in [0.717, 1.165) is 52.5 Å². The normalized spacial score (nSPS) is 12.6. The van der Waals surface area contributed by atoms with E-state index >= 15 is 0 Å². The van der Waals surface area contributed by atoms with E-state index in [4.69, 9.17) is 4.98 Å². The number of nitrogens with one attached hydrogen (secondary N) is 1. The Morgan fingerprint density at radius 3 is 2.73 bits per heavy atom. The summed E-state index contributed by atoms with van der Waals surface area (Å²) in [5.74, 6) is 0.714. The zero-order chi connectivity index (χ0) is 21.7. The lowest BCUT2D eigenvalue weighted by atomic mass is 9.98. The van der Waals surface area contributed by atoms with Gasteiger partial charge in [-0.15, -0.1) is 5.10 Å². The van der Waals surface area contributed by atoms with E-state index in [1.807, 2.05) is 38.2 Å². The van der Waals surface area contributed by atoms with Crippen LogP contribution in [0.1, 0.15) is 74.0 Å². The molecule has 0 aliphatic rings. The average molecular weight is 400 g/mol. The fourth-order valence-electron chi connectivity index (χ4n) is 3.85. The quantitative estimate of drug-likeness (QED) is 0.506. The number of nitriles is 1. The van der Waals surface area contributed by atoms with Crippen LogP contribution in [0.25, 0.3) is 16.5 Å². The number of anilines is 1. The predicted octanol–water partition coefficient (Wildman–Crippen LogP) is 6.28. The van der Waals surface area contributed by atoms with Gasteiger partial charge in [-0.05, 0) is 68.0 Å². The largest absolute Gasteiger partial charge is 0.361 e. The number of hydrogen-bond acceptors (Lipinski definition) is 5. The van der Waals surface area contributed by atoms with Crippen molar-refractivity contribution in [3.05, 3.63) is 64.5 Å². The topological polar surface area (TPSA) is 74.5 Å². The highest BCUT2D eigenvalue weighted by Crippen LogP contribution is 2.30. The van der Waals surface area contributed by atoms with Crippen molar-refractivity contribution < 1.29 is 0 Å². The van der Waals surface area contributed by atoms with Gasteiger partial charge in [0.15, 0.2) is 5.82 Å². The number of fused-ring (bicyclic) bond motifs is 1. The Bertz CT molecular complexity index is 1120. The lowest BCUT2D eigenvalue weighted by Gasteiger charge is -2.19. The van der Waals surface area contributed by atoms with E-state index in [9.17, 15) is 5.26 Å². The molecule has 5 nitrogen and oxygen atoms in total. The molecule has 0 aliphatic heterocycles. The van der Waals surface area contributed by atoms with Crippen LogP contribution in [0.15, 0.2) is 36.5 Å². The van der Waals surface area contributed by atoms with Gasteiger partial charge in [0.05, 0.1) is 28.9 Å². The molecule has 30 heavy (non-hydrogen) atoms. The second kappa shape index (κ2) is 9.49. The lowest BCUT2D eigenvalue weighted by molar-refractivity contribution is 0.852. The standard InChI is InChI=1S/C25H29N5/c1-6-9-19(10-7-2)21-13-23-24(27-15-21)18(5)29-30-25(23)28-17(4)22-12-8-11-20(14-26)16(22)3/h8-9,11-13,15,17H,6-7,10H2,1-5H3,(H,28,30)/b19-9+/t17-/m1/s1. The third-order valence-electron chi connectivity index (χ3n) is 5.44. The number of pyridine rings is 1. The number of aryl methyl sites for hydroxylation is 1. The fraction of sp³-hybridized carbons (Fsp3) is 0.360. The summed E-state index contributed by atoms with van der Waals surface area (Å²) in [5.41, 5.74) is 6.88. The third-order valence-corrected chi connectivity index (χ3v) is 5.44. The SMILES string of the molecule is CC/C=C(\CCC)c1cnc2c(C)nnc(N[C@H](C)c3cccc(C#N)c3C)c2c1. The molecular formula is C25H29N5. The van der Waals surface area contributed by atoms with Crippen LogP contribution in [0, 0.1) is 25.2 Å². The molecular weight excluding hydrogens is 370 g/mol. The van der Waals surface area contributed by atoms with Gasteiger partial charge >= 0.3 is 0 Å². The monoisotopic (exact) mass is 399 g/mol. The Balaban J connectivity index is 2.05. The number of hydrogen-bond donors (Lipinski definition) is 1. The van der Waals surface area contributed by atoms with Crippen molar-refractivity contribution in [3.63, 3.8) is 0 Å². The molecule has 2 heterocycles. The van der Waals surface area contributed by atoms with Crippen molar-refractivity contribution in [1.82, 2.24) is 15.2 Å². The van der Waals surface area contributed by atoms with Crippen LogP contribution in [0.4, 0.5) is 5.82 Å². The van der Waals surface area contributed by atoms with Crippen LogP contribution < -0.4 is 5.32 Å². The Morgan fingerprint density at radius 2 is 2.03 bits per heavy atom. The van der Waals surface area contributed by atoms with Gasteiger partial charge in [0.2, 0.25) is 0 Å². The molecule has 3 rings (SSSR count). The first-order chi connectivity index (χ1) is 14.5. The number of allylic oxidation sites excluding steroid dienone is 2. The third kappa shape index (κ3) is 4.33. The van der Waals surface area contributed by atoms with E-state index in [1.165, 1.54) is 5.57 Å². The highest BCUT2D eigenvalue weighted by atomic mass is 15.2. The molecule has 0 amide bonds. The molecule has 0 aliphatic carbocycles. The van der Waals surface area contributed by atoms with Crippen molar-refractivity contribution in [1.29, 1.82) is 5.26 Å². The van der Waals surface area contributed by atoms with Crippen molar-refractivity contribution in [2.45, 2.75) is 59.9 Å². The van der Waals surface area contributed by atoms with Crippen molar-refractivity contribution in [3.8, 4) is 6.07 Å². The first kappa shape index (κ1) is 21.4. The first-order valence-electron chi connectivity index (χ1n) is 10.6. The van der Waals surface area contributed by atoms with Gasteiger partial charge in [-0.1, -0.05) is 38.5 Å². The summed E-state index contributed by atoms with van der Waals surface area (Å²) in [6, 6.07) is 10.2. The van der Waals surface area contributed by atoms with Gasteiger partial charge < -0.3 is 5.32 Å². The minimum Gasteiger partial charge on any atom is -0.361 e. The second-order valence-corrected chi connectivity index (χ2v) is 7.64. The summed E-state index contributed by atoms with van der Waals surface area (Å²) in [6.07, 6.45) is 7.34. The minimum atomic E-state index is -0.0246. The second-order valence-electron chi connectivity index (χ2n) is 7.64. The van der Waals surface area contributed by atoms with Crippen LogP contribution in [0.3, 0.4) is 0 Å². The van der Waals surface area contributed by atoms with E-state index in [2.05, 4.69) is 54.5 Å². The maximum absolute atomic E-state index is 9.35. The van der Waals surface area contributed by atoms with Crippen molar-refractivity contribution >= 4 is 22.3 Å². The first-order valence-corrected chi connectivity index (χ1v) is 10.6. The van der Waals surface area contributed by atoms with Gasteiger partial charge in [-0.25, -0.2) is 0 Å². The Morgan fingerprint density at radius 1 is 1.23 bits per heavy atom. The van der Waals surface area contributed by atoms with Gasteiger partial charge in [-0.2, -0.15) is 10.4 Å². The molecule has 154 valence electrons. The molecule has 0 saturated heterocycles. The average Bonchev–Trinajstić information content (AvgIpc) is 2.75. The molecule has 0 bridgehead atoms. The van der Waals surface area contributed by atoms with Crippen LogP contribution in [-0.4, -0.2) is 15.2 Å². The molecule has 2 aromatic heterocycles. The zero-order valence-electron chi connectivity index (χ0n) is 18.5. The summed E-state index contributed by atoms with van der Waals surface area (Å²) in [5, 5.41) is 22.6. The summed E-state index contributed by atoms with van der Waals surface area (Å²) >= 11 is 0. The molecule has 0 spiro atoms. The highest BCUT2D eigenvalue weighted by molar-refractivity contribution is 5.92. The summed E-state index contributed by atoms with van der Waals surface area (Å²) < 4.78 is 0. The van der Waals surface area contributed by atoms with Crippen molar-refractivity contribution in [2.24, 2.45) is 0 Å². The highest BCUT2D eigenvalue weighted by Gasteiger charge is 2.16. The van der Waals surface area contributed by atoms with Gasteiger partial charge in [0.25, 0.3) is 0 Å². The van der Waals surface area contributed by atoms with Crippen LogP contribution >= 0.6 is 0 Å². The number of nitrogens with zero attached hydrogens (tertiary/aromatic N) is 4. The summed E-state index contributed by atoms with van der Waals surface area (Å²) in [6.45, 7) is 10.3. The van der Waals surface area contributed by atoms with Gasteiger partial charge in [-0.3, -0.25) is 4.98 Å². The maximum atomic E-state index is 9.35. The predicted molar refractivity (Wildman–Crippen MR) is 123 cm³/mol. The molecule has 1 atom stereocenters. The lowest BCUT2D eigenvalue weighted by Crippen LogP contribution is -2.11. The fourth-order valence-corrected chi connectivity index (χ4v) is 3.85. The molecule has 0 saturated carbocycles. The Kier molecular flexibility index (Phi) is 6.79. The molecule has 3 aromatic rings. The van der Waals surface area contributed by atoms with E-state index < -0.39 is 0 Å².